The van der Waals surface area contributed by atoms with E-state index in [1.54, 1.807) is 28.8 Å². The molecule has 7 heteroatoms. The number of fused-ring (bicyclic) bond motifs is 1. The Balaban J connectivity index is 2.12. The van der Waals surface area contributed by atoms with Crippen LogP contribution in [0.2, 0.25) is 0 Å². The van der Waals surface area contributed by atoms with Crippen LogP contribution in [-0.4, -0.2) is 25.6 Å². The molecule has 3 rings (SSSR count). The second-order valence-electron chi connectivity index (χ2n) is 4.74. The lowest BCUT2D eigenvalue weighted by atomic mass is 10.3. The third kappa shape index (κ3) is 2.51. The average Bonchev–Trinajstić information content (AvgIpc) is 2.83. The monoisotopic (exact) mass is 296 g/mol. The molecule has 0 radical (unpaired) electrons. The molecular weight excluding hydrogens is 284 g/mol. The van der Waals surface area contributed by atoms with Crippen molar-refractivity contribution in [1.82, 2.24) is 9.38 Å². The van der Waals surface area contributed by atoms with Crippen molar-refractivity contribution >= 4 is 23.1 Å². The number of aryl methyl sites for hydroxylation is 1. The van der Waals surface area contributed by atoms with Gasteiger partial charge in [0, 0.05) is 12.3 Å². The van der Waals surface area contributed by atoms with Crippen LogP contribution in [0.4, 0.5) is 11.5 Å². The first kappa shape index (κ1) is 13.7. The Morgan fingerprint density at radius 1 is 1.23 bits per heavy atom. The number of nitrogens with zero attached hydrogens (tertiary/aromatic N) is 4. The van der Waals surface area contributed by atoms with E-state index in [-0.39, 0.29) is 17.3 Å². The van der Waals surface area contributed by atoms with Crippen LogP contribution in [0, 0.1) is 6.92 Å². The van der Waals surface area contributed by atoms with Gasteiger partial charge in [-0.3, -0.25) is 4.40 Å². The van der Waals surface area contributed by atoms with Gasteiger partial charge in [0.25, 0.3) is 0 Å². The number of rotatable bonds is 3. The predicted molar refractivity (Wildman–Crippen MR) is 79.2 cm³/mol. The topological polar surface area (TPSA) is 99.6 Å². The number of carboxylic acids is 1. The summed E-state index contributed by atoms with van der Waals surface area (Å²) in [7, 11) is 0. The number of carbonyl (C=O) groups is 1. The smallest absolute Gasteiger partial charge is 0.358 e. The summed E-state index contributed by atoms with van der Waals surface area (Å²) in [6.45, 7) is 1.89. The molecule has 0 atom stereocenters. The van der Waals surface area contributed by atoms with Gasteiger partial charge < -0.3 is 10.2 Å². The molecule has 0 unspecified atom stereocenters. The van der Waals surface area contributed by atoms with Crippen molar-refractivity contribution in [3.8, 4) is 5.75 Å². The van der Waals surface area contributed by atoms with Gasteiger partial charge in [0.2, 0.25) is 0 Å². The SMILES string of the molecule is Cc1ccn2c(N=Nc3cccc(O)c3)c(C(=O)O)nc2c1. The fraction of sp³-hybridized carbons (Fsp3) is 0.0667. The highest BCUT2D eigenvalue weighted by molar-refractivity contribution is 5.91. The predicted octanol–water partition coefficient (Wildman–Crippen LogP) is 3.46. The van der Waals surface area contributed by atoms with Gasteiger partial charge in [0.15, 0.2) is 11.5 Å². The zero-order chi connectivity index (χ0) is 15.7. The number of aromatic carboxylic acids is 1. The highest BCUT2D eigenvalue weighted by Crippen LogP contribution is 2.26. The maximum absolute atomic E-state index is 11.3. The molecule has 0 aliphatic carbocycles. The molecular formula is C15H12N4O3. The molecule has 0 bridgehead atoms. The van der Waals surface area contributed by atoms with Crippen LogP contribution in [0.1, 0.15) is 16.1 Å². The molecule has 7 nitrogen and oxygen atoms in total. The van der Waals surface area contributed by atoms with Gasteiger partial charge in [-0.25, -0.2) is 9.78 Å². The van der Waals surface area contributed by atoms with E-state index in [0.717, 1.165) is 5.56 Å². The molecule has 2 heterocycles. The van der Waals surface area contributed by atoms with E-state index in [1.807, 2.05) is 13.0 Å². The molecule has 3 aromatic rings. The van der Waals surface area contributed by atoms with E-state index in [0.29, 0.717) is 11.3 Å². The molecule has 0 saturated carbocycles. The zero-order valence-corrected chi connectivity index (χ0v) is 11.6. The summed E-state index contributed by atoms with van der Waals surface area (Å²) in [5.74, 6) is -0.985. The standard InChI is InChI=1S/C15H12N4O3/c1-9-5-6-19-12(7-9)16-13(15(21)22)14(19)18-17-10-3-2-4-11(20)8-10/h2-8,20H,1H3,(H,21,22). The molecule has 0 saturated heterocycles. The Labute approximate surface area is 125 Å². The van der Waals surface area contributed by atoms with Crippen molar-refractivity contribution in [3.63, 3.8) is 0 Å². The van der Waals surface area contributed by atoms with Crippen LogP contribution < -0.4 is 0 Å². The van der Waals surface area contributed by atoms with Gasteiger partial charge in [-0.15, -0.1) is 10.2 Å². The van der Waals surface area contributed by atoms with Gasteiger partial charge in [-0.1, -0.05) is 6.07 Å². The van der Waals surface area contributed by atoms with Crippen molar-refractivity contribution in [2.24, 2.45) is 10.2 Å². The van der Waals surface area contributed by atoms with Crippen LogP contribution in [-0.2, 0) is 0 Å². The fourth-order valence-corrected chi connectivity index (χ4v) is 2.03. The van der Waals surface area contributed by atoms with E-state index in [1.165, 1.54) is 12.1 Å². The first-order chi connectivity index (χ1) is 10.5. The number of pyridine rings is 1. The van der Waals surface area contributed by atoms with E-state index in [4.69, 9.17) is 0 Å². The molecule has 0 aliphatic heterocycles. The lowest BCUT2D eigenvalue weighted by Gasteiger charge is -1.98. The third-order valence-corrected chi connectivity index (χ3v) is 3.05. The minimum absolute atomic E-state index is 0.0590. The van der Waals surface area contributed by atoms with Crippen LogP contribution in [0.3, 0.4) is 0 Å². The molecule has 0 amide bonds. The van der Waals surface area contributed by atoms with Crippen LogP contribution in [0.25, 0.3) is 5.65 Å². The highest BCUT2D eigenvalue weighted by atomic mass is 16.4. The molecule has 0 fully saturated rings. The summed E-state index contributed by atoms with van der Waals surface area (Å²) in [6.07, 6.45) is 1.70. The largest absolute Gasteiger partial charge is 0.508 e. The molecule has 0 spiro atoms. The number of aromatic hydroxyl groups is 1. The number of hydrogen-bond acceptors (Lipinski definition) is 5. The maximum atomic E-state index is 11.3. The molecule has 0 aliphatic rings. The van der Waals surface area contributed by atoms with Crippen LogP contribution in [0.5, 0.6) is 5.75 Å². The number of carboxylic acid groups (broad SMARTS) is 1. The molecule has 22 heavy (non-hydrogen) atoms. The van der Waals surface area contributed by atoms with Gasteiger partial charge in [0.1, 0.15) is 11.4 Å². The number of imidazole rings is 1. The summed E-state index contributed by atoms with van der Waals surface area (Å²) in [4.78, 5) is 15.4. The fourth-order valence-electron chi connectivity index (χ4n) is 2.03. The minimum atomic E-state index is -1.17. The molecule has 2 N–H and O–H groups in total. The Morgan fingerprint density at radius 3 is 2.77 bits per heavy atom. The van der Waals surface area contributed by atoms with Crippen molar-refractivity contribution in [1.29, 1.82) is 0 Å². The Hall–Kier alpha value is -3.22. The number of phenols is 1. The average molecular weight is 296 g/mol. The van der Waals surface area contributed by atoms with Crippen molar-refractivity contribution in [3.05, 3.63) is 53.9 Å². The number of azo groups is 1. The minimum Gasteiger partial charge on any atom is -0.508 e. The van der Waals surface area contributed by atoms with Gasteiger partial charge >= 0.3 is 5.97 Å². The third-order valence-electron chi connectivity index (χ3n) is 3.05. The second kappa shape index (κ2) is 5.28. The summed E-state index contributed by atoms with van der Waals surface area (Å²) in [5.41, 5.74) is 1.70. The molecule has 110 valence electrons. The van der Waals surface area contributed by atoms with Crippen molar-refractivity contribution in [2.75, 3.05) is 0 Å². The maximum Gasteiger partial charge on any atom is 0.358 e. The van der Waals surface area contributed by atoms with E-state index < -0.39 is 5.97 Å². The lowest BCUT2D eigenvalue weighted by molar-refractivity contribution is 0.0692. The first-order valence-electron chi connectivity index (χ1n) is 6.47. The number of aromatic nitrogens is 2. The van der Waals surface area contributed by atoms with Gasteiger partial charge in [0.05, 0.1) is 5.69 Å². The number of phenolic OH excluding ortho intramolecular Hbond substituents is 1. The molecule has 2 aromatic heterocycles. The van der Waals surface area contributed by atoms with E-state index >= 15 is 0 Å². The van der Waals surface area contributed by atoms with Crippen molar-refractivity contribution in [2.45, 2.75) is 6.92 Å². The van der Waals surface area contributed by atoms with Gasteiger partial charge in [-0.2, -0.15) is 0 Å². The first-order valence-corrected chi connectivity index (χ1v) is 6.47. The normalized spacial score (nSPS) is 11.3. The summed E-state index contributed by atoms with van der Waals surface area (Å²) < 4.78 is 1.56. The van der Waals surface area contributed by atoms with E-state index in [2.05, 4.69) is 15.2 Å². The molecule has 1 aromatic carbocycles. The van der Waals surface area contributed by atoms with Gasteiger partial charge in [-0.05, 0) is 36.8 Å². The number of hydrogen-bond donors (Lipinski definition) is 2. The summed E-state index contributed by atoms with van der Waals surface area (Å²) >= 11 is 0. The second-order valence-corrected chi connectivity index (χ2v) is 4.74. The number of benzene rings is 1. The Kier molecular flexibility index (Phi) is 3.30. The van der Waals surface area contributed by atoms with Crippen molar-refractivity contribution < 1.29 is 15.0 Å². The Bertz CT molecular complexity index is 899. The zero-order valence-electron chi connectivity index (χ0n) is 11.6. The summed E-state index contributed by atoms with van der Waals surface area (Å²) in [5, 5.41) is 26.6. The lowest BCUT2D eigenvalue weighted by Crippen LogP contribution is -1.96. The quantitative estimate of drug-likeness (QED) is 0.723. The Morgan fingerprint density at radius 2 is 2.05 bits per heavy atom. The highest BCUT2D eigenvalue weighted by Gasteiger charge is 2.18. The van der Waals surface area contributed by atoms with E-state index in [9.17, 15) is 15.0 Å². The van der Waals surface area contributed by atoms with Crippen LogP contribution in [0.15, 0.2) is 52.8 Å². The summed E-state index contributed by atoms with van der Waals surface area (Å²) in [6, 6.07) is 9.81. The van der Waals surface area contributed by atoms with Crippen LogP contribution >= 0.6 is 0 Å².